The first kappa shape index (κ1) is 20.0. The lowest BCUT2D eigenvalue weighted by Gasteiger charge is -2.40. The van der Waals surface area contributed by atoms with Gasteiger partial charge in [0.15, 0.2) is 17.9 Å². The molecule has 2 atom stereocenters. The van der Waals surface area contributed by atoms with Gasteiger partial charge in [-0.2, -0.15) is 0 Å². The van der Waals surface area contributed by atoms with Crippen molar-refractivity contribution in [3.63, 3.8) is 0 Å². The number of carbonyl (C=O) groups is 1. The molecule has 0 amide bonds. The van der Waals surface area contributed by atoms with Crippen LogP contribution in [-0.2, 0) is 14.2 Å². The van der Waals surface area contributed by atoms with Crippen LogP contribution in [0.2, 0.25) is 0 Å². The lowest BCUT2D eigenvalue weighted by molar-refractivity contribution is -0.226. The SMILES string of the molecule is C[C@@H]1CN(c2c(C3OCC(C)(C)CO3)cc(C(=O)O)c(F)c2F)C[C@H](C)O1. The fourth-order valence-electron chi connectivity index (χ4n) is 3.53. The molecule has 1 aromatic carbocycles. The quantitative estimate of drug-likeness (QED) is 0.861. The molecule has 0 spiro atoms. The summed E-state index contributed by atoms with van der Waals surface area (Å²) in [5.41, 5.74) is -0.794. The Bertz CT molecular complexity index is 719. The highest BCUT2D eigenvalue weighted by molar-refractivity contribution is 5.89. The molecule has 1 N–H and O–H groups in total. The van der Waals surface area contributed by atoms with Crippen molar-refractivity contribution in [1.82, 2.24) is 0 Å². The van der Waals surface area contributed by atoms with E-state index in [1.165, 1.54) is 0 Å². The number of benzene rings is 1. The number of carboxylic acid groups (broad SMARTS) is 1. The van der Waals surface area contributed by atoms with Crippen molar-refractivity contribution in [3.8, 4) is 0 Å². The molecule has 0 aromatic heterocycles. The van der Waals surface area contributed by atoms with Crippen molar-refractivity contribution in [3.05, 3.63) is 28.8 Å². The van der Waals surface area contributed by atoms with Crippen molar-refractivity contribution in [1.29, 1.82) is 0 Å². The molecular weight excluding hydrogens is 360 g/mol. The second-order valence-electron chi connectivity index (χ2n) is 8.08. The molecule has 6 nitrogen and oxygen atoms in total. The van der Waals surface area contributed by atoms with Gasteiger partial charge in [-0.15, -0.1) is 0 Å². The number of nitrogens with zero attached hydrogens (tertiary/aromatic N) is 1. The van der Waals surface area contributed by atoms with Crippen molar-refractivity contribution >= 4 is 11.7 Å². The lowest BCUT2D eigenvalue weighted by Crippen LogP contribution is -2.46. The summed E-state index contributed by atoms with van der Waals surface area (Å²) in [6.07, 6.45) is -1.33. The zero-order valence-electron chi connectivity index (χ0n) is 15.9. The van der Waals surface area contributed by atoms with Crippen LogP contribution in [0.5, 0.6) is 0 Å². The monoisotopic (exact) mass is 385 g/mol. The van der Waals surface area contributed by atoms with E-state index in [1.54, 1.807) is 4.90 Å². The Balaban J connectivity index is 2.07. The van der Waals surface area contributed by atoms with Crippen LogP contribution in [0.1, 0.15) is 49.9 Å². The Morgan fingerprint density at radius 2 is 1.70 bits per heavy atom. The molecule has 2 heterocycles. The topological polar surface area (TPSA) is 68.2 Å². The number of aromatic carboxylic acids is 1. The van der Waals surface area contributed by atoms with Gasteiger partial charge in [0.25, 0.3) is 0 Å². The number of carboxylic acids is 1. The van der Waals surface area contributed by atoms with Crippen LogP contribution >= 0.6 is 0 Å². The van der Waals surface area contributed by atoms with Gasteiger partial charge in [0.05, 0.1) is 36.7 Å². The molecule has 8 heteroatoms. The van der Waals surface area contributed by atoms with Gasteiger partial charge >= 0.3 is 5.97 Å². The number of rotatable bonds is 3. The van der Waals surface area contributed by atoms with E-state index in [0.29, 0.717) is 26.3 Å². The van der Waals surface area contributed by atoms with Crippen LogP contribution in [-0.4, -0.2) is 49.6 Å². The Kier molecular flexibility index (Phi) is 5.42. The van der Waals surface area contributed by atoms with Gasteiger partial charge in [0, 0.05) is 24.1 Å². The van der Waals surface area contributed by atoms with E-state index in [0.717, 1.165) is 6.07 Å². The molecule has 150 valence electrons. The molecule has 3 rings (SSSR count). The van der Waals surface area contributed by atoms with Gasteiger partial charge in [-0.25, -0.2) is 13.6 Å². The average Bonchev–Trinajstić information content (AvgIpc) is 2.56. The Labute approximate surface area is 157 Å². The normalized spacial score (nSPS) is 26.2. The van der Waals surface area contributed by atoms with Crippen LogP contribution < -0.4 is 4.90 Å². The maximum Gasteiger partial charge on any atom is 0.338 e. The predicted octanol–water partition coefficient (Wildman–Crippen LogP) is 3.35. The van der Waals surface area contributed by atoms with Gasteiger partial charge in [0.2, 0.25) is 0 Å². The summed E-state index contributed by atoms with van der Waals surface area (Å²) in [6.45, 7) is 9.02. The zero-order valence-corrected chi connectivity index (χ0v) is 15.9. The Morgan fingerprint density at radius 3 is 2.22 bits per heavy atom. The first-order valence-corrected chi connectivity index (χ1v) is 8.98. The van der Waals surface area contributed by atoms with Crippen LogP contribution in [0.25, 0.3) is 0 Å². The molecule has 2 fully saturated rings. The van der Waals surface area contributed by atoms with E-state index < -0.39 is 29.5 Å². The summed E-state index contributed by atoms with van der Waals surface area (Å²) in [5, 5.41) is 9.26. The summed E-state index contributed by atoms with van der Waals surface area (Å²) in [5.74, 6) is -4.13. The van der Waals surface area contributed by atoms with E-state index in [4.69, 9.17) is 14.2 Å². The third-order valence-corrected chi connectivity index (χ3v) is 4.68. The number of ether oxygens (including phenoxy) is 3. The summed E-state index contributed by atoms with van der Waals surface area (Å²) < 4.78 is 46.6. The van der Waals surface area contributed by atoms with Gasteiger partial charge < -0.3 is 24.2 Å². The maximum atomic E-state index is 15.0. The number of morpholine rings is 1. The molecule has 1 aromatic rings. The molecule has 0 radical (unpaired) electrons. The van der Waals surface area contributed by atoms with Crippen LogP contribution in [0, 0.1) is 17.0 Å². The molecule has 27 heavy (non-hydrogen) atoms. The molecule has 0 unspecified atom stereocenters. The number of halogens is 2. The van der Waals surface area contributed by atoms with Crippen molar-refractivity contribution in [2.75, 3.05) is 31.2 Å². The third kappa shape index (κ3) is 4.07. The van der Waals surface area contributed by atoms with E-state index >= 15 is 0 Å². The third-order valence-electron chi connectivity index (χ3n) is 4.68. The highest BCUT2D eigenvalue weighted by Gasteiger charge is 2.36. The minimum Gasteiger partial charge on any atom is -0.478 e. The second-order valence-corrected chi connectivity index (χ2v) is 8.08. The van der Waals surface area contributed by atoms with Crippen LogP contribution in [0.15, 0.2) is 6.07 Å². The molecule has 2 aliphatic rings. The van der Waals surface area contributed by atoms with Crippen LogP contribution in [0.4, 0.5) is 14.5 Å². The minimum absolute atomic E-state index is 0.0239. The molecule has 2 saturated heterocycles. The first-order valence-electron chi connectivity index (χ1n) is 8.98. The van der Waals surface area contributed by atoms with E-state index in [9.17, 15) is 18.7 Å². The fraction of sp³-hybridized carbons (Fsp3) is 0.632. The lowest BCUT2D eigenvalue weighted by atomic mass is 9.95. The zero-order chi connectivity index (χ0) is 19.9. The van der Waals surface area contributed by atoms with E-state index in [-0.39, 0.29) is 28.9 Å². The molecule has 0 aliphatic carbocycles. The Morgan fingerprint density at radius 1 is 1.15 bits per heavy atom. The summed E-state index contributed by atoms with van der Waals surface area (Å²) >= 11 is 0. The highest BCUT2D eigenvalue weighted by atomic mass is 19.2. The summed E-state index contributed by atoms with van der Waals surface area (Å²) in [7, 11) is 0. The largest absolute Gasteiger partial charge is 0.478 e. The average molecular weight is 385 g/mol. The van der Waals surface area contributed by atoms with E-state index in [1.807, 2.05) is 27.7 Å². The maximum absolute atomic E-state index is 15.0. The van der Waals surface area contributed by atoms with Crippen molar-refractivity contribution in [2.45, 2.75) is 46.2 Å². The fourth-order valence-corrected chi connectivity index (χ4v) is 3.53. The number of anilines is 1. The standard InChI is InChI=1S/C19H25F2NO5/c1-10-6-22(7-11(2)27-10)16-13(18-25-8-19(3,4)9-26-18)5-12(17(23)24)14(20)15(16)21/h5,10-11,18H,6-9H2,1-4H3,(H,23,24)/t10-,11+. The summed E-state index contributed by atoms with van der Waals surface area (Å²) in [4.78, 5) is 13.1. The summed E-state index contributed by atoms with van der Waals surface area (Å²) in [6, 6.07) is 1.11. The minimum atomic E-state index is -1.54. The molecule has 0 bridgehead atoms. The molecule has 0 saturated carbocycles. The number of hydrogen-bond donors (Lipinski definition) is 1. The van der Waals surface area contributed by atoms with Crippen LogP contribution in [0.3, 0.4) is 0 Å². The van der Waals surface area contributed by atoms with Gasteiger partial charge in [-0.3, -0.25) is 0 Å². The van der Waals surface area contributed by atoms with Crippen molar-refractivity contribution in [2.24, 2.45) is 5.41 Å². The number of hydrogen-bond acceptors (Lipinski definition) is 5. The second kappa shape index (κ2) is 7.33. The van der Waals surface area contributed by atoms with Crippen molar-refractivity contribution < 1.29 is 32.9 Å². The van der Waals surface area contributed by atoms with E-state index in [2.05, 4.69) is 0 Å². The smallest absolute Gasteiger partial charge is 0.338 e. The molecular formula is C19H25F2NO5. The van der Waals surface area contributed by atoms with Gasteiger partial charge in [0.1, 0.15) is 0 Å². The highest BCUT2D eigenvalue weighted by Crippen LogP contribution is 2.39. The molecule has 2 aliphatic heterocycles. The Hall–Kier alpha value is -1.77. The first-order chi connectivity index (χ1) is 12.6. The van der Waals surface area contributed by atoms with Gasteiger partial charge in [-0.1, -0.05) is 13.8 Å². The predicted molar refractivity (Wildman–Crippen MR) is 94.0 cm³/mol. The van der Waals surface area contributed by atoms with Gasteiger partial charge in [-0.05, 0) is 19.9 Å².